The van der Waals surface area contributed by atoms with Gasteiger partial charge in [0.05, 0.1) is 11.6 Å². The van der Waals surface area contributed by atoms with Crippen LogP contribution in [0.1, 0.15) is 5.56 Å². The van der Waals surface area contributed by atoms with E-state index in [9.17, 15) is 5.26 Å². The molecule has 2 heteroatoms. The Labute approximate surface area is 147 Å². The first kappa shape index (κ1) is 15.2. The summed E-state index contributed by atoms with van der Waals surface area (Å²) in [6, 6.07) is 27.3. The van der Waals surface area contributed by atoms with Gasteiger partial charge in [-0.3, -0.25) is 0 Å². The number of nitriles is 1. The van der Waals surface area contributed by atoms with Crippen LogP contribution in [0.5, 0.6) is 0 Å². The standard InChI is InChI=1S/C23H18N2/c1-25(2)21-14-13-17-8-4-6-10-20(17)23(21)22-18(15-24)12-11-16-7-3-5-9-19(16)22/h3-14H,1-2H3. The van der Waals surface area contributed by atoms with E-state index in [-0.39, 0.29) is 0 Å². The van der Waals surface area contributed by atoms with Gasteiger partial charge in [0, 0.05) is 30.9 Å². The fraction of sp³-hybridized carbons (Fsp3) is 0.0870. The monoisotopic (exact) mass is 322 g/mol. The van der Waals surface area contributed by atoms with E-state index in [1.165, 1.54) is 10.8 Å². The van der Waals surface area contributed by atoms with Crippen LogP contribution < -0.4 is 4.90 Å². The zero-order valence-electron chi connectivity index (χ0n) is 14.3. The number of hydrogen-bond donors (Lipinski definition) is 0. The molecule has 0 aliphatic heterocycles. The summed E-state index contributed by atoms with van der Waals surface area (Å²) in [5.41, 5.74) is 3.96. The zero-order chi connectivity index (χ0) is 17.4. The van der Waals surface area contributed by atoms with Gasteiger partial charge in [0.25, 0.3) is 0 Å². The number of anilines is 1. The van der Waals surface area contributed by atoms with E-state index in [1.807, 2.05) is 38.4 Å². The highest BCUT2D eigenvalue weighted by molar-refractivity contribution is 6.11. The zero-order valence-corrected chi connectivity index (χ0v) is 14.3. The summed E-state index contributed by atoms with van der Waals surface area (Å²) in [5, 5.41) is 14.4. The van der Waals surface area contributed by atoms with E-state index in [4.69, 9.17) is 0 Å². The van der Waals surface area contributed by atoms with Gasteiger partial charge in [-0.2, -0.15) is 5.26 Å². The Bertz CT molecular complexity index is 1130. The highest BCUT2D eigenvalue weighted by Crippen LogP contribution is 2.42. The molecule has 0 aliphatic rings. The molecule has 0 aliphatic carbocycles. The number of benzene rings is 4. The van der Waals surface area contributed by atoms with E-state index in [0.29, 0.717) is 5.56 Å². The average Bonchev–Trinajstić information content (AvgIpc) is 2.66. The van der Waals surface area contributed by atoms with Crippen LogP contribution in [0.3, 0.4) is 0 Å². The van der Waals surface area contributed by atoms with Gasteiger partial charge >= 0.3 is 0 Å². The lowest BCUT2D eigenvalue weighted by molar-refractivity contribution is 1.14. The Morgan fingerprint density at radius 2 is 1.24 bits per heavy atom. The summed E-state index contributed by atoms with van der Waals surface area (Å²) in [6.45, 7) is 0. The fourth-order valence-electron chi connectivity index (χ4n) is 3.53. The molecule has 120 valence electrons. The minimum atomic E-state index is 0.707. The molecule has 0 N–H and O–H groups in total. The van der Waals surface area contributed by atoms with Gasteiger partial charge in [-0.15, -0.1) is 0 Å². The maximum atomic E-state index is 9.78. The summed E-state index contributed by atoms with van der Waals surface area (Å²) < 4.78 is 0. The van der Waals surface area contributed by atoms with Gasteiger partial charge in [0.2, 0.25) is 0 Å². The van der Waals surface area contributed by atoms with E-state index in [1.54, 1.807) is 0 Å². The highest BCUT2D eigenvalue weighted by Gasteiger charge is 2.17. The third kappa shape index (κ3) is 2.42. The lowest BCUT2D eigenvalue weighted by Gasteiger charge is -2.21. The Morgan fingerprint density at radius 3 is 1.84 bits per heavy atom. The quantitative estimate of drug-likeness (QED) is 0.480. The normalized spacial score (nSPS) is 10.8. The van der Waals surface area contributed by atoms with Crippen molar-refractivity contribution in [3.8, 4) is 17.2 Å². The number of nitrogens with zero attached hydrogens (tertiary/aromatic N) is 2. The molecule has 0 aromatic heterocycles. The van der Waals surface area contributed by atoms with Crippen molar-refractivity contribution in [2.24, 2.45) is 0 Å². The molecule has 0 unspecified atom stereocenters. The van der Waals surface area contributed by atoms with Crippen molar-refractivity contribution in [1.82, 2.24) is 0 Å². The Balaban J connectivity index is 2.24. The largest absolute Gasteiger partial charge is 0.377 e. The van der Waals surface area contributed by atoms with Crippen molar-refractivity contribution >= 4 is 27.2 Å². The molecule has 0 radical (unpaired) electrons. The van der Waals surface area contributed by atoms with Crippen LogP contribution in [0, 0.1) is 11.3 Å². The number of fused-ring (bicyclic) bond motifs is 2. The van der Waals surface area contributed by atoms with Gasteiger partial charge in [0.1, 0.15) is 0 Å². The minimum absolute atomic E-state index is 0.707. The van der Waals surface area contributed by atoms with Crippen LogP contribution in [0.4, 0.5) is 5.69 Å². The first-order valence-corrected chi connectivity index (χ1v) is 8.32. The molecule has 4 aromatic carbocycles. The van der Waals surface area contributed by atoms with Gasteiger partial charge < -0.3 is 4.90 Å². The van der Waals surface area contributed by atoms with Crippen molar-refractivity contribution in [1.29, 1.82) is 5.26 Å². The predicted molar refractivity (Wildman–Crippen MR) is 106 cm³/mol. The Kier molecular flexibility index (Phi) is 3.63. The maximum Gasteiger partial charge on any atom is 0.0998 e. The van der Waals surface area contributed by atoms with Gasteiger partial charge in [-0.25, -0.2) is 0 Å². The Morgan fingerprint density at radius 1 is 0.680 bits per heavy atom. The summed E-state index contributed by atoms with van der Waals surface area (Å²) in [6.07, 6.45) is 0. The molecule has 0 heterocycles. The molecule has 0 spiro atoms. The average molecular weight is 322 g/mol. The van der Waals surface area contributed by atoms with Crippen LogP contribution in [0.15, 0.2) is 72.8 Å². The summed E-state index contributed by atoms with van der Waals surface area (Å²) >= 11 is 0. The maximum absolute atomic E-state index is 9.78. The van der Waals surface area contributed by atoms with Crippen molar-refractivity contribution in [3.05, 3.63) is 78.4 Å². The molecule has 0 atom stereocenters. The molecule has 2 nitrogen and oxygen atoms in total. The molecule has 4 aromatic rings. The van der Waals surface area contributed by atoms with Crippen LogP contribution in [-0.4, -0.2) is 14.1 Å². The van der Waals surface area contributed by atoms with Crippen LogP contribution in [0.2, 0.25) is 0 Å². The van der Waals surface area contributed by atoms with Gasteiger partial charge in [-0.05, 0) is 33.7 Å². The second-order valence-electron chi connectivity index (χ2n) is 6.40. The van der Waals surface area contributed by atoms with E-state index in [2.05, 4.69) is 59.5 Å². The van der Waals surface area contributed by atoms with Crippen molar-refractivity contribution in [2.45, 2.75) is 0 Å². The molecule has 25 heavy (non-hydrogen) atoms. The third-order valence-electron chi connectivity index (χ3n) is 4.69. The third-order valence-corrected chi connectivity index (χ3v) is 4.69. The second-order valence-corrected chi connectivity index (χ2v) is 6.40. The van der Waals surface area contributed by atoms with Crippen molar-refractivity contribution in [3.63, 3.8) is 0 Å². The molecule has 0 amide bonds. The fourth-order valence-corrected chi connectivity index (χ4v) is 3.53. The first-order chi connectivity index (χ1) is 12.2. The van der Waals surface area contributed by atoms with Crippen LogP contribution in [0.25, 0.3) is 32.7 Å². The van der Waals surface area contributed by atoms with Gasteiger partial charge in [-0.1, -0.05) is 60.7 Å². The van der Waals surface area contributed by atoms with Crippen LogP contribution in [-0.2, 0) is 0 Å². The predicted octanol–water partition coefficient (Wildman–Crippen LogP) is 5.60. The lowest BCUT2D eigenvalue weighted by Crippen LogP contribution is -2.10. The molecule has 0 bridgehead atoms. The first-order valence-electron chi connectivity index (χ1n) is 8.32. The molecule has 0 fully saturated rings. The van der Waals surface area contributed by atoms with E-state index in [0.717, 1.165) is 27.6 Å². The highest BCUT2D eigenvalue weighted by atomic mass is 15.1. The van der Waals surface area contributed by atoms with Crippen LogP contribution >= 0.6 is 0 Å². The summed E-state index contributed by atoms with van der Waals surface area (Å²) in [4.78, 5) is 2.12. The molecule has 0 saturated heterocycles. The number of hydrogen-bond acceptors (Lipinski definition) is 2. The SMILES string of the molecule is CN(C)c1ccc2ccccc2c1-c1c(C#N)ccc2ccccc12. The molecule has 4 rings (SSSR count). The Hall–Kier alpha value is -3.31. The number of rotatable bonds is 2. The lowest BCUT2D eigenvalue weighted by atomic mass is 9.89. The summed E-state index contributed by atoms with van der Waals surface area (Å²) in [7, 11) is 4.09. The molecule has 0 saturated carbocycles. The van der Waals surface area contributed by atoms with Crippen molar-refractivity contribution in [2.75, 3.05) is 19.0 Å². The minimum Gasteiger partial charge on any atom is -0.377 e. The summed E-state index contributed by atoms with van der Waals surface area (Å²) in [5.74, 6) is 0. The van der Waals surface area contributed by atoms with Crippen molar-refractivity contribution < 1.29 is 0 Å². The topological polar surface area (TPSA) is 27.0 Å². The van der Waals surface area contributed by atoms with E-state index >= 15 is 0 Å². The van der Waals surface area contributed by atoms with Gasteiger partial charge in [0.15, 0.2) is 0 Å². The van der Waals surface area contributed by atoms with E-state index < -0.39 is 0 Å². The molecular weight excluding hydrogens is 304 g/mol. The smallest absolute Gasteiger partial charge is 0.0998 e. The second kappa shape index (κ2) is 5.96. The molecular formula is C23H18N2.